The topological polar surface area (TPSA) is 54.3 Å². The number of nitrogens with zero attached hydrogens (tertiary/aromatic N) is 1. The summed E-state index contributed by atoms with van der Waals surface area (Å²) < 4.78 is 2.63. The molecule has 0 spiro atoms. The van der Waals surface area contributed by atoms with E-state index < -0.39 is 5.60 Å². The van der Waals surface area contributed by atoms with E-state index in [4.69, 9.17) is 0 Å². The van der Waals surface area contributed by atoms with Crippen LogP contribution >= 0.6 is 15.9 Å². The van der Waals surface area contributed by atoms with Crippen LogP contribution in [0.2, 0.25) is 0 Å². The SMILES string of the molecule is Cn1cc(Br)cc1C(=O)NCC(C)(O)C1CC1. The summed E-state index contributed by atoms with van der Waals surface area (Å²) in [6, 6.07) is 1.77. The summed E-state index contributed by atoms with van der Waals surface area (Å²) in [4.78, 5) is 11.9. The normalized spacial score (nSPS) is 18.8. The molecule has 17 heavy (non-hydrogen) atoms. The molecule has 94 valence electrons. The molecule has 1 aromatic heterocycles. The van der Waals surface area contributed by atoms with Crippen molar-refractivity contribution in [3.63, 3.8) is 0 Å². The zero-order valence-corrected chi connectivity index (χ0v) is 11.6. The lowest BCUT2D eigenvalue weighted by molar-refractivity contribution is 0.0353. The van der Waals surface area contributed by atoms with Crippen LogP contribution in [-0.2, 0) is 7.05 Å². The van der Waals surface area contributed by atoms with Gasteiger partial charge in [-0.15, -0.1) is 0 Å². The maximum absolute atomic E-state index is 11.9. The molecule has 1 aromatic rings. The lowest BCUT2D eigenvalue weighted by atomic mass is 10.0. The number of rotatable bonds is 4. The highest BCUT2D eigenvalue weighted by Gasteiger charge is 2.40. The standard InChI is InChI=1S/C12H17BrN2O2/c1-12(17,8-3-4-8)7-14-11(16)10-5-9(13)6-15(10)2/h5-6,8,17H,3-4,7H2,1-2H3,(H,14,16). The van der Waals surface area contributed by atoms with Gasteiger partial charge < -0.3 is 15.0 Å². The number of carbonyl (C=O) groups is 1. The summed E-state index contributed by atoms with van der Waals surface area (Å²) in [5.41, 5.74) is -0.193. The van der Waals surface area contributed by atoms with Crippen molar-refractivity contribution < 1.29 is 9.90 Å². The van der Waals surface area contributed by atoms with E-state index in [0.29, 0.717) is 18.2 Å². The minimum Gasteiger partial charge on any atom is -0.388 e. The predicted octanol–water partition coefficient (Wildman–Crippen LogP) is 1.68. The molecule has 0 aromatic carbocycles. The van der Waals surface area contributed by atoms with Crippen molar-refractivity contribution in [2.45, 2.75) is 25.4 Å². The minimum absolute atomic E-state index is 0.154. The fraction of sp³-hybridized carbons (Fsp3) is 0.583. The first-order valence-electron chi connectivity index (χ1n) is 5.72. The monoisotopic (exact) mass is 300 g/mol. The van der Waals surface area contributed by atoms with Gasteiger partial charge in [-0.25, -0.2) is 0 Å². The summed E-state index contributed by atoms with van der Waals surface area (Å²) >= 11 is 3.32. The van der Waals surface area contributed by atoms with Gasteiger partial charge in [-0.2, -0.15) is 0 Å². The minimum atomic E-state index is -0.780. The number of aryl methyl sites for hydroxylation is 1. The third-order valence-electron chi connectivity index (χ3n) is 3.27. The highest BCUT2D eigenvalue weighted by molar-refractivity contribution is 9.10. The van der Waals surface area contributed by atoms with Gasteiger partial charge in [0.2, 0.25) is 0 Å². The highest BCUT2D eigenvalue weighted by atomic mass is 79.9. The van der Waals surface area contributed by atoms with E-state index in [2.05, 4.69) is 21.2 Å². The van der Waals surface area contributed by atoms with Gasteiger partial charge in [-0.3, -0.25) is 4.79 Å². The first-order valence-corrected chi connectivity index (χ1v) is 6.52. The number of aliphatic hydroxyl groups is 1. The molecular formula is C12H17BrN2O2. The molecule has 4 nitrogen and oxygen atoms in total. The van der Waals surface area contributed by atoms with Crippen molar-refractivity contribution in [1.29, 1.82) is 0 Å². The maximum atomic E-state index is 11.9. The third kappa shape index (κ3) is 2.90. The Kier molecular flexibility index (Phi) is 3.32. The van der Waals surface area contributed by atoms with E-state index in [1.165, 1.54) is 0 Å². The lowest BCUT2D eigenvalue weighted by Gasteiger charge is -2.23. The molecule has 2 N–H and O–H groups in total. The van der Waals surface area contributed by atoms with Crippen LogP contribution in [0.4, 0.5) is 0 Å². The number of hydrogen-bond acceptors (Lipinski definition) is 2. The zero-order valence-electron chi connectivity index (χ0n) is 10.0. The Bertz CT molecular complexity index is 436. The molecule has 0 radical (unpaired) electrons. The second kappa shape index (κ2) is 4.46. The van der Waals surface area contributed by atoms with Crippen molar-refractivity contribution in [1.82, 2.24) is 9.88 Å². The van der Waals surface area contributed by atoms with Gasteiger partial charge in [-0.1, -0.05) is 0 Å². The first-order chi connectivity index (χ1) is 7.90. The molecule has 1 aliphatic carbocycles. The van der Waals surface area contributed by atoms with Crippen LogP contribution < -0.4 is 5.32 Å². The van der Waals surface area contributed by atoms with Crippen LogP contribution in [0.5, 0.6) is 0 Å². The molecule has 1 unspecified atom stereocenters. The smallest absolute Gasteiger partial charge is 0.268 e. The molecule has 1 atom stereocenters. The number of aromatic nitrogens is 1. The summed E-state index contributed by atoms with van der Waals surface area (Å²) in [7, 11) is 1.82. The second-order valence-corrected chi connectivity index (χ2v) is 5.88. The van der Waals surface area contributed by atoms with E-state index in [1.54, 1.807) is 17.6 Å². The van der Waals surface area contributed by atoms with Crippen molar-refractivity contribution in [2.75, 3.05) is 6.54 Å². The van der Waals surface area contributed by atoms with Crippen LogP contribution in [0.25, 0.3) is 0 Å². The van der Waals surface area contributed by atoms with Crippen molar-refractivity contribution >= 4 is 21.8 Å². The molecule has 2 rings (SSSR count). The first kappa shape index (κ1) is 12.6. The molecule has 1 amide bonds. The number of carbonyl (C=O) groups excluding carboxylic acids is 1. The Morgan fingerprint density at radius 2 is 2.35 bits per heavy atom. The van der Waals surface area contributed by atoms with Crippen molar-refractivity contribution in [2.24, 2.45) is 13.0 Å². The largest absolute Gasteiger partial charge is 0.388 e. The summed E-state index contributed by atoms with van der Waals surface area (Å²) in [5.74, 6) is 0.182. The molecule has 1 aliphatic rings. The van der Waals surface area contributed by atoms with E-state index in [0.717, 1.165) is 17.3 Å². The van der Waals surface area contributed by atoms with E-state index >= 15 is 0 Å². The molecule has 1 fully saturated rings. The number of amides is 1. The number of hydrogen-bond donors (Lipinski definition) is 2. The summed E-state index contributed by atoms with van der Waals surface area (Å²) in [6.07, 6.45) is 3.94. The Labute approximate surface area is 109 Å². The van der Waals surface area contributed by atoms with Gasteiger partial charge in [0.05, 0.1) is 5.60 Å². The Balaban J connectivity index is 1.95. The molecule has 0 bridgehead atoms. The molecule has 1 saturated carbocycles. The van der Waals surface area contributed by atoms with Crippen LogP contribution in [-0.4, -0.2) is 27.7 Å². The fourth-order valence-electron chi connectivity index (χ4n) is 1.95. The quantitative estimate of drug-likeness (QED) is 0.889. The molecule has 0 saturated heterocycles. The van der Waals surface area contributed by atoms with Gasteiger partial charge >= 0.3 is 0 Å². The Morgan fingerprint density at radius 1 is 1.71 bits per heavy atom. The summed E-state index contributed by atoms with van der Waals surface area (Å²) in [5, 5.41) is 12.9. The number of halogens is 1. The summed E-state index contributed by atoms with van der Waals surface area (Å²) in [6.45, 7) is 2.09. The van der Waals surface area contributed by atoms with Crippen LogP contribution in [0.1, 0.15) is 30.3 Å². The lowest BCUT2D eigenvalue weighted by Crippen LogP contribution is -2.42. The Morgan fingerprint density at radius 3 is 2.82 bits per heavy atom. The van der Waals surface area contributed by atoms with Gasteiger partial charge in [0.1, 0.15) is 5.69 Å². The third-order valence-corrected chi connectivity index (χ3v) is 3.70. The predicted molar refractivity (Wildman–Crippen MR) is 68.8 cm³/mol. The average Bonchev–Trinajstić information content (AvgIpc) is 3.02. The molecule has 5 heteroatoms. The van der Waals surface area contributed by atoms with Gasteiger partial charge in [0, 0.05) is 24.3 Å². The number of nitrogens with one attached hydrogen (secondary N) is 1. The Hall–Kier alpha value is -0.810. The molecule has 1 heterocycles. The van der Waals surface area contributed by atoms with Crippen LogP contribution in [0, 0.1) is 5.92 Å². The second-order valence-electron chi connectivity index (χ2n) is 4.97. The molecular weight excluding hydrogens is 284 g/mol. The van der Waals surface area contributed by atoms with E-state index in [1.807, 2.05) is 13.2 Å². The van der Waals surface area contributed by atoms with E-state index in [-0.39, 0.29) is 5.91 Å². The van der Waals surface area contributed by atoms with E-state index in [9.17, 15) is 9.90 Å². The van der Waals surface area contributed by atoms with Crippen LogP contribution in [0.15, 0.2) is 16.7 Å². The maximum Gasteiger partial charge on any atom is 0.268 e. The average molecular weight is 301 g/mol. The zero-order chi connectivity index (χ0) is 12.6. The van der Waals surface area contributed by atoms with Gasteiger partial charge in [0.25, 0.3) is 5.91 Å². The molecule has 0 aliphatic heterocycles. The van der Waals surface area contributed by atoms with Gasteiger partial charge in [0.15, 0.2) is 0 Å². The fourth-order valence-corrected chi connectivity index (χ4v) is 2.47. The van der Waals surface area contributed by atoms with Gasteiger partial charge in [-0.05, 0) is 47.7 Å². The highest BCUT2D eigenvalue weighted by Crippen LogP contribution is 2.39. The van der Waals surface area contributed by atoms with Crippen molar-refractivity contribution in [3.8, 4) is 0 Å². The van der Waals surface area contributed by atoms with Crippen LogP contribution in [0.3, 0.4) is 0 Å². The van der Waals surface area contributed by atoms with Crippen molar-refractivity contribution in [3.05, 3.63) is 22.4 Å².